The van der Waals surface area contributed by atoms with E-state index < -0.39 is 0 Å². The summed E-state index contributed by atoms with van der Waals surface area (Å²) < 4.78 is 0. The molecule has 1 aromatic carbocycles. The summed E-state index contributed by atoms with van der Waals surface area (Å²) in [6, 6.07) is 10.5. The van der Waals surface area contributed by atoms with Crippen molar-refractivity contribution < 1.29 is 4.79 Å². The van der Waals surface area contributed by atoms with Gasteiger partial charge in [-0.1, -0.05) is 44.2 Å². The second kappa shape index (κ2) is 8.98. The predicted molar refractivity (Wildman–Crippen MR) is 81.6 cm³/mol. The van der Waals surface area contributed by atoms with Crippen LogP contribution in [0.1, 0.15) is 38.7 Å². The third kappa shape index (κ3) is 5.23. The van der Waals surface area contributed by atoms with Crippen LogP contribution in [0.4, 0.5) is 0 Å². The SMILES string of the molecule is CCC(CC)N(CCCl)C(=O)CCc1ccccc1. The van der Waals surface area contributed by atoms with E-state index in [4.69, 9.17) is 11.6 Å². The predicted octanol–water partition coefficient (Wildman–Crippen LogP) is 3.88. The minimum atomic E-state index is 0.221. The van der Waals surface area contributed by atoms with Gasteiger partial charge in [-0.15, -0.1) is 11.6 Å². The van der Waals surface area contributed by atoms with Gasteiger partial charge in [0, 0.05) is 24.9 Å². The topological polar surface area (TPSA) is 20.3 Å². The second-order valence-corrected chi connectivity index (χ2v) is 5.11. The lowest BCUT2D eigenvalue weighted by molar-refractivity contribution is -0.133. The molecule has 0 aliphatic carbocycles. The number of nitrogens with zero attached hydrogens (tertiary/aromatic N) is 1. The molecule has 0 unspecified atom stereocenters. The monoisotopic (exact) mass is 281 g/mol. The van der Waals surface area contributed by atoms with Crippen molar-refractivity contribution in [3.63, 3.8) is 0 Å². The second-order valence-electron chi connectivity index (χ2n) is 4.73. The number of rotatable bonds is 8. The van der Waals surface area contributed by atoms with Gasteiger partial charge < -0.3 is 4.90 Å². The van der Waals surface area contributed by atoms with Gasteiger partial charge in [-0.25, -0.2) is 0 Å². The molecule has 0 saturated carbocycles. The molecule has 2 nitrogen and oxygen atoms in total. The lowest BCUT2D eigenvalue weighted by Gasteiger charge is -2.30. The summed E-state index contributed by atoms with van der Waals surface area (Å²) in [5.41, 5.74) is 1.21. The summed E-state index contributed by atoms with van der Waals surface area (Å²) in [7, 11) is 0. The maximum absolute atomic E-state index is 12.3. The number of carbonyl (C=O) groups is 1. The molecule has 0 heterocycles. The Labute approximate surface area is 121 Å². The van der Waals surface area contributed by atoms with Crippen molar-refractivity contribution in [1.82, 2.24) is 4.90 Å². The summed E-state index contributed by atoms with van der Waals surface area (Å²) in [6.45, 7) is 4.90. The fraction of sp³-hybridized carbons (Fsp3) is 0.562. The van der Waals surface area contributed by atoms with Crippen LogP contribution in [0.2, 0.25) is 0 Å². The van der Waals surface area contributed by atoms with E-state index in [0.717, 1.165) is 19.3 Å². The Kier molecular flexibility index (Phi) is 7.57. The molecule has 1 aromatic rings. The normalized spacial score (nSPS) is 10.7. The van der Waals surface area contributed by atoms with Crippen molar-refractivity contribution in [3.05, 3.63) is 35.9 Å². The van der Waals surface area contributed by atoms with Crippen LogP contribution in [-0.2, 0) is 11.2 Å². The van der Waals surface area contributed by atoms with Gasteiger partial charge >= 0.3 is 0 Å². The van der Waals surface area contributed by atoms with Crippen molar-refractivity contribution in [3.8, 4) is 0 Å². The van der Waals surface area contributed by atoms with Crippen molar-refractivity contribution in [1.29, 1.82) is 0 Å². The molecule has 0 aliphatic rings. The zero-order chi connectivity index (χ0) is 14.1. The maximum atomic E-state index is 12.3. The number of amides is 1. The standard InChI is InChI=1S/C16H24ClNO/c1-3-15(4-2)18(13-12-17)16(19)11-10-14-8-6-5-7-9-14/h5-9,15H,3-4,10-13H2,1-2H3. The van der Waals surface area contributed by atoms with E-state index >= 15 is 0 Å². The van der Waals surface area contributed by atoms with Crippen LogP contribution >= 0.6 is 11.6 Å². The molecule has 1 amide bonds. The number of alkyl halides is 1. The Hall–Kier alpha value is -1.02. The zero-order valence-corrected chi connectivity index (χ0v) is 12.7. The third-order valence-corrected chi connectivity index (χ3v) is 3.67. The van der Waals surface area contributed by atoms with Gasteiger partial charge in [-0.05, 0) is 24.8 Å². The van der Waals surface area contributed by atoms with Gasteiger partial charge in [-0.2, -0.15) is 0 Å². The van der Waals surface area contributed by atoms with E-state index in [-0.39, 0.29) is 5.91 Å². The Morgan fingerprint density at radius 2 is 1.84 bits per heavy atom. The fourth-order valence-electron chi connectivity index (χ4n) is 2.37. The number of benzene rings is 1. The number of hydrogen-bond donors (Lipinski definition) is 0. The number of aryl methyl sites for hydroxylation is 1. The molecule has 0 bridgehead atoms. The van der Waals surface area contributed by atoms with E-state index in [1.807, 2.05) is 23.1 Å². The third-order valence-electron chi connectivity index (χ3n) is 3.50. The highest BCUT2D eigenvalue weighted by molar-refractivity contribution is 6.18. The van der Waals surface area contributed by atoms with Crippen LogP contribution in [0.25, 0.3) is 0 Å². The summed E-state index contributed by atoms with van der Waals surface area (Å²) >= 11 is 5.82. The maximum Gasteiger partial charge on any atom is 0.223 e. The Morgan fingerprint density at radius 3 is 2.37 bits per heavy atom. The molecule has 0 radical (unpaired) electrons. The smallest absolute Gasteiger partial charge is 0.223 e. The molecule has 0 aliphatic heterocycles. The Bertz CT molecular complexity index is 362. The van der Waals surface area contributed by atoms with Crippen molar-refractivity contribution >= 4 is 17.5 Å². The summed E-state index contributed by atoms with van der Waals surface area (Å²) in [6.07, 6.45) is 3.35. The minimum Gasteiger partial charge on any atom is -0.339 e. The average molecular weight is 282 g/mol. The Morgan fingerprint density at radius 1 is 1.21 bits per heavy atom. The van der Waals surface area contributed by atoms with Gasteiger partial charge in [0.05, 0.1) is 0 Å². The molecule has 0 N–H and O–H groups in total. The quantitative estimate of drug-likeness (QED) is 0.662. The lowest BCUT2D eigenvalue weighted by atomic mass is 10.1. The molecule has 3 heteroatoms. The van der Waals surface area contributed by atoms with E-state index in [1.54, 1.807) is 0 Å². The van der Waals surface area contributed by atoms with Crippen molar-refractivity contribution in [2.24, 2.45) is 0 Å². The molecule has 0 saturated heterocycles. The lowest BCUT2D eigenvalue weighted by Crippen LogP contribution is -2.41. The number of carbonyl (C=O) groups excluding carboxylic acids is 1. The molecule has 19 heavy (non-hydrogen) atoms. The van der Waals surface area contributed by atoms with Crippen LogP contribution < -0.4 is 0 Å². The highest BCUT2D eigenvalue weighted by Gasteiger charge is 2.19. The van der Waals surface area contributed by atoms with Crippen molar-refractivity contribution in [2.75, 3.05) is 12.4 Å². The summed E-state index contributed by atoms with van der Waals surface area (Å²) in [4.78, 5) is 14.3. The molecular weight excluding hydrogens is 258 g/mol. The van der Waals surface area contributed by atoms with Gasteiger partial charge in [0.25, 0.3) is 0 Å². The minimum absolute atomic E-state index is 0.221. The number of halogens is 1. The van der Waals surface area contributed by atoms with Gasteiger partial charge in [0.15, 0.2) is 0 Å². The van der Waals surface area contributed by atoms with E-state index in [1.165, 1.54) is 5.56 Å². The summed E-state index contributed by atoms with van der Waals surface area (Å²) in [5, 5.41) is 0. The van der Waals surface area contributed by atoms with Crippen molar-refractivity contribution in [2.45, 2.75) is 45.6 Å². The molecule has 0 fully saturated rings. The van der Waals surface area contributed by atoms with Gasteiger partial charge in [-0.3, -0.25) is 4.79 Å². The first kappa shape index (κ1) is 16.0. The van der Waals surface area contributed by atoms with E-state index in [2.05, 4.69) is 26.0 Å². The van der Waals surface area contributed by atoms with Crippen LogP contribution in [0.15, 0.2) is 30.3 Å². The van der Waals surface area contributed by atoms with Gasteiger partial charge in [0.2, 0.25) is 5.91 Å². The van der Waals surface area contributed by atoms with Crippen LogP contribution in [0, 0.1) is 0 Å². The largest absolute Gasteiger partial charge is 0.339 e. The molecule has 0 aromatic heterocycles. The number of hydrogen-bond acceptors (Lipinski definition) is 1. The van der Waals surface area contributed by atoms with Gasteiger partial charge in [0.1, 0.15) is 0 Å². The first-order valence-electron chi connectivity index (χ1n) is 7.12. The van der Waals surface area contributed by atoms with Crippen LogP contribution in [0.3, 0.4) is 0 Å². The molecule has 0 atom stereocenters. The van der Waals surface area contributed by atoms with E-state index in [9.17, 15) is 4.79 Å². The fourth-order valence-corrected chi connectivity index (χ4v) is 2.55. The molecule has 106 valence electrons. The highest BCUT2D eigenvalue weighted by atomic mass is 35.5. The summed E-state index contributed by atoms with van der Waals surface area (Å²) in [5.74, 6) is 0.728. The molecule has 1 rings (SSSR count). The first-order valence-corrected chi connectivity index (χ1v) is 7.65. The molecule has 0 spiro atoms. The molecular formula is C16H24ClNO. The van der Waals surface area contributed by atoms with Crippen LogP contribution in [0.5, 0.6) is 0 Å². The van der Waals surface area contributed by atoms with E-state index in [0.29, 0.717) is 24.9 Å². The zero-order valence-electron chi connectivity index (χ0n) is 11.9. The average Bonchev–Trinajstić information content (AvgIpc) is 2.46. The van der Waals surface area contributed by atoms with Crippen LogP contribution in [-0.4, -0.2) is 29.3 Å². The first-order chi connectivity index (χ1) is 9.22. The Balaban J connectivity index is 2.57. The highest BCUT2D eigenvalue weighted by Crippen LogP contribution is 2.12.